The second-order valence-corrected chi connectivity index (χ2v) is 5.31. The summed E-state index contributed by atoms with van der Waals surface area (Å²) in [5.74, 6) is 1.54. The number of nitrogens with zero attached hydrogens (tertiary/aromatic N) is 3. The molecule has 0 radical (unpaired) electrons. The van der Waals surface area contributed by atoms with Crippen LogP contribution in [0, 0.1) is 0 Å². The molecule has 2 N–H and O–H groups in total. The number of rotatable bonds is 4. The number of ether oxygens (including phenoxy) is 1. The fourth-order valence-corrected chi connectivity index (χ4v) is 2.57. The summed E-state index contributed by atoms with van der Waals surface area (Å²) in [7, 11) is 2.11. The second kappa shape index (κ2) is 6.20. The number of hydrogen-bond donors (Lipinski definition) is 1. The van der Waals surface area contributed by atoms with Crippen LogP contribution in [-0.2, 0) is 26.1 Å². The van der Waals surface area contributed by atoms with Crippen molar-refractivity contribution in [2.45, 2.75) is 26.1 Å². The van der Waals surface area contributed by atoms with Crippen LogP contribution < -0.4 is 10.5 Å². The Bertz CT molecular complexity index is 598. The molecular formula is C16H20N4O. The van der Waals surface area contributed by atoms with Gasteiger partial charge < -0.3 is 15.4 Å². The van der Waals surface area contributed by atoms with E-state index in [9.17, 15) is 0 Å². The minimum absolute atomic E-state index is 0.375. The standard InChI is InChI=1S/C16H20N4O/c1-20-8-7-14-13(10-20)15(9-17)19-16(18-14)11-21-12-5-3-2-4-6-12/h2-6H,7-11,17H2,1H3. The Morgan fingerprint density at radius 2 is 2.05 bits per heavy atom. The van der Waals surface area contributed by atoms with E-state index in [4.69, 9.17) is 10.5 Å². The van der Waals surface area contributed by atoms with Crippen molar-refractivity contribution in [2.24, 2.45) is 5.73 Å². The Labute approximate surface area is 124 Å². The molecule has 0 spiro atoms. The molecule has 0 fully saturated rings. The predicted octanol–water partition coefficient (Wildman–Crippen LogP) is 1.50. The number of fused-ring (bicyclic) bond motifs is 1. The average molecular weight is 284 g/mol. The number of likely N-dealkylation sites (N-methyl/N-ethyl adjacent to an activating group) is 1. The van der Waals surface area contributed by atoms with Crippen LogP contribution in [0.3, 0.4) is 0 Å². The highest BCUT2D eigenvalue weighted by Gasteiger charge is 2.19. The van der Waals surface area contributed by atoms with E-state index < -0.39 is 0 Å². The number of aromatic nitrogens is 2. The van der Waals surface area contributed by atoms with Crippen molar-refractivity contribution in [1.29, 1.82) is 0 Å². The third-order valence-electron chi connectivity index (χ3n) is 3.69. The van der Waals surface area contributed by atoms with Gasteiger partial charge in [0.2, 0.25) is 0 Å². The summed E-state index contributed by atoms with van der Waals surface area (Å²) in [6.07, 6.45) is 0.944. The van der Waals surface area contributed by atoms with Crippen molar-refractivity contribution in [3.63, 3.8) is 0 Å². The molecule has 5 heteroatoms. The van der Waals surface area contributed by atoms with Crippen molar-refractivity contribution in [3.8, 4) is 5.75 Å². The first-order chi connectivity index (χ1) is 10.3. The molecule has 0 bridgehead atoms. The lowest BCUT2D eigenvalue weighted by Crippen LogP contribution is -2.30. The first kappa shape index (κ1) is 14.0. The van der Waals surface area contributed by atoms with E-state index >= 15 is 0 Å². The summed E-state index contributed by atoms with van der Waals surface area (Å²) < 4.78 is 5.73. The van der Waals surface area contributed by atoms with E-state index in [1.54, 1.807) is 0 Å². The molecule has 0 unspecified atom stereocenters. The zero-order valence-corrected chi connectivity index (χ0v) is 12.2. The van der Waals surface area contributed by atoms with Gasteiger partial charge in [0.15, 0.2) is 5.82 Å². The Morgan fingerprint density at radius 1 is 1.24 bits per heavy atom. The van der Waals surface area contributed by atoms with E-state index in [0.29, 0.717) is 19.0 Å². The molecule has 1 aliphatic heterocycles. The quantitative estimate of drug-likeness (QED) is 0.922. The van der Waals surface area contributed by atoms with Gasteiger partial charge in [0, 0.05) is 31.6 Å². The lowest BCUT2D eigenvalue weighted by molar-refractivity contribution is 0.287. The van der Waals surface area contributed by atoms with Gasteiger partial charge in [-0.15, -0.1) is 0 Å². The van der Waals surface area contributed by atoms with Gasteiger partial charge in [0.05, 0.1) is 11.4 Å². The Balaban J connectivity index is 1.80. The molecule has 21 heavy (non-hydrogen) atoms. The molecule has 0 amide bonds. The largest absolute Gasteiger partial charge is 0.486 e. The highest BCUT2D eigenvalue weighted by molar-refractivity contribution is 5.28. The topological polar surface area (TPSA) is 64.3 Å². The molecule has 2 aromatic rings. The normalized spacial score (nSPS) is 14.8. The van der Waals surface area contributed by atoms with Gasteiger partial charge in [-0.1, -0.05) is 18.2 Å². The third kappa shape index (κ3) is 3.20. The molecule has 0 aliphatic carbocycles. The van der Waals surface area contributed by atoms with E-state index in [0.717, 1.165) is 36.6 Å². The molecule has 3 rings (SSSR count). The van der Waals surface area contributed by atoms with Gasteiger partial charge >= 0.3 is 0 Å². The maximum atomic E-state index is 5.85. The van der Waals surface area contributed by atoms with Gasteiger partial charge in [-0.05, 0) is 19.2 Å². The number of nitrogens with two attached hydrogens (primary N) is 1. The average Bonchev–Trinajstić information content (AvgIpc) is 2.53. The number of hydrogen-bond acceptors (Lipinski definition) is 5. The van der Waals surface area contributed by atoms with Crippen molar-refractivity contribution in [1.82, 2.24) is 14.9 Å². The summed E-state index contributed by atoms with van der Waals surface area (Å²) in [6.45, 7) is 2.71. The molecular weight excluding hydrogens is 264 g/mol. The lowest BCUT2D eigenvalue weighted by atomic mass is 10.0. The first-order valence-electron chi connectivity index (χ1n) is 7.20. The SMILES string of the molecule is CN1CCc2nc(COc3ccccc3)nc(CN)c2C1. The lowest BCUT2D eigenvalue weighted by Gasteiger charge is -2.26. The fraction of sp³-hybridized carbons (Fsp3) is 0.375. The van der Waals surface area contributed by atoms with Crippen LogP contribution in [0.4, 0.5) is 0 Å². The van der Waals surface area contributed by atoms with E-state index in [2.05, 4.69) is 21.9 Å². The molecule has 0 atom stereocenters. The number of benzene rings is 1. The van der Waals surface area contributed by atoms with Crippen molar-refractivity contribution < 1.29 is 4.74 Å². The van der Waals surface area contributed by atoms with E-state index in [1.807, 2.05) is 30.3 Å². The van der Waals surface area contributed by atoms with Gasteiger partial charge in [-0.2, -0.15) is 0 Å². The van der Waals surface area contributed by atoms with Crippen LogP contribution in [0.2, 0.25) is 0 Å². The maximum absolute atomic E-state index is 5.85. The molecule has 5 nitrogen and oxygen atoms in total. The monoisotopic (exact) mass is 284 g/mol. The van der Waals surface area contributed by atoms with Crippen LogP contribution in [0.1, 0.15) is 22.8 Å². The predicted molar refractivity (Wildman–Crippen MR) is 80.7 cm³/mol. The Hall–Kier alpha value is -1.98. The van der Waals surface area contributed by atoms with Crippen LogP contribution >= 0.6 is 0 Å². The second-order valence-electron chi connectivity index (χ2n) is 5.31. The van der Waals surface area contributed by atoms with Crippen molar-refractivity contribution in [2.75, 3.05) is 13.6 Å². The summed E-state index contributed by atoms with van der Waals surface area (Å²) in [4.78, 5) is 11.5. The molecule has 1 aromatic heterocycles. The van der Waals surface area contributed by atoms with Gasteiger partial charge in [-0.3, -0.25) is 0 Å². The Morgan fingerprint density at radius 3 is 2.81 bits per heavy atom. The third-order valence-corrected chi connectivity index (χ3v) is 3.69. The highest BCUT2D eigenvalue weighted by Crippen LogP contribution is 2.20. The van der Waals surface area contributed by atoms with Crippen LogP contribution in [0.15, 0.2) is 30.3 Å². The zero-order chi connectivity index (χ0) is 14.7. The molecule has 1 aliphatic rings. The molecule has 2 heterocycles. The van der Waals surface area contributed by atoms with Gasteiger partial charge in [0.25, 0.3) is 0 Å². The van der Waals surface area contributed by atoms with E-state index in [-0.39, 0.29) is 0 Å². The first-order valence-corrected chi connectivity index (χ1v) is 7.20. The van der Waals surface area contributed by atoms with Crippen molar-refractivity contribution in [3.05, 3.63) is 53.1 Å². The highest BCUT2D eigenvalue weighted by atomic mass is 16.5. The molecule has 1 aromatic carbocycles. The van der Waals surface area contributed by atoms with Gasteiger partial charge in [0.1, 0.15) is 12.4 Å². The van der Waals surface area contributed by atoms with E-state index in [1.165, 1.54) is 5.56 Å². The van der Waals surface area contributed by atoms with Crippen LogP contribution in [0.5, 0.6) is 5.75 Å². The van der Waals surface area contributed by atoms with Crippen LogP contribution in [-0.4, -0.2) is 28.5 Å². The smallest absolute Gasteiger partial charge is 0.166 e. The van der Waals surface area contributed by atoms with Crippen LogP contribution in [0.25, 0.3) is 0 Å². The summed E-state index contributed by atoms with van der Waals surface area (Å²) in [5.41, 5.74) is 9.10. The minimum atomic E-state index is 0.375. The maximum Gasteiger partial charge on any atom is 0.166 e. The Kier molecular flexibility index (Phi) is 4.13. The van der Waals surface area contributed by atoms with Gasteiger partial charge in [-0.25, -0.2) is 9.97 Å². The zero-order valence-electron chi connectivity index (χ0n) is 12.2. The number of para-hydroxylation sites is 1. The summed E-state index contributed by atoms with van der Waals surface area (Å²) >= 11 is 0. The fourth-order valence-electron chi connectivity index (χ4n) is 2.57. The van der Waals surface area contributed by atoms with Crippen molar-refractivity contribution >= 4 is 0 Å². The molecule has 0 saturated heterocycles. The minimum Gasteiger partial charge on any atom is -0.486 e. The molecule has 110 valence electrons. The summed E-state index contributed by atoms with van der Waals surface area (Å²) in [5, 5.41) is 0. The molecule has 0 saturated carbocycles. The summed E-state index contributed by atoms with van der Waals surface area (Å²) in [6, 6.07) is 9.72.